The Bertz CT molecular complexity index is 539. The van der Waals surface area contributed by atoms with Crippen LogP contribution in [0.4, 0.5) is 23.2 Å². The first kappa shape index (κ1) is 16.0. The molecule has 110 valence electrons. The number of halogens is 4. The lowest BCUT2D eigenvalue weighted by Crippen LogP contribution is -2.21. The van der Waals surface area contributed by atoms with Gasteiger partial charge in [-0.1, -0.05) is 6.07 Å². The topological polar surface area (TPSA) is 67.8 Å². The third kappa shape index (κ3) is 4.23. The van der Waals surface area contributed by atoms with Crippen LogP contribution in [0.3, 0.4) is 0 Å². The predicted molar refractivity (Wildman–Crippen MR) is 64.8 cm³/mol. The minimum absolute atomic E-state index is 0.231. The first-order valence-electron chi connectivity index (χ1n) is 5.34. The van der Waals surface area contributed by atoms with Gasteiger partial charge in [-0.05, 0) is 17.7 Å². The molecule has 1 rings (SSSR count). The van der Waals surface area contributed by atoms with Gasteiger partial charge in [0.1, 0.15) is 17.2 Å². The smallest absolute Gasteiger partial charge is 0.430 e. The highest BCUT2D eigenvalue weighted by atomic mass is 19.4. The molecule has 3 N–H and O–H groups in total. The van der Waals surface area contributed by atoms with Crippen molar-refractivity contribution in [2.24, 2.45) is 10.7 Å². The lowest BCUT2D eigenvalue weighted by Gasteiger charge is -2.07. The molecule has 0 saturated carbocycles. The number of rotatable bonds is 3. The van der Waals surface area contributed by atoms with Gasteiger partial charge in [-0.15, -0.1) is 0 Å². The van der Waals surface area contributed by atoms with Crippen molar-refractivity contribution in [2.45, 2.75) is 12.8 Å². The average molecular weight is 292 g/mol. The summed E-state index contributed by atoms with van der Waals surface area (Å²) >= 11 is 0. The van der Waals surface area contributed by atoms with E-state index in [4.69, 9.17) is 10.8 Å². The van der Waals surface area contributed by atoms with Crippen LogP contribution in [-0.2, 0) is 11.3 Å². The molecule has 0 heterocycles. The van der Waals surface area contributed by atoms with E-state index >= 15 is 0 Å². The van der Waals surface area contributed by atoms with Crippen molar-refractivity contribution in [1.29, 1.82) is 0 Å². The van der Waals surface area contributed by atoms with Crippen LogP contribution in [0.5, 0.6) is 0 Å². The third-order valence-corrected chi connectivity index (χ3v) is 2.24. The molecule has 0 spiro atoms. The number of aliphatic imine (C=N–C) groups is 1. The molecule has 0 saturated heterocycles. The van der Waals surface area contributed by atoms with E-state index in [1.807, 2.05) is 0 Å². The molecule has 1 aromatic rings. The van der Waals surface area contributed by atoms with E-state index in [0.717, 1.165) is 13.2 Å². The van der Waals surface area contributed by atoms with Gasteiger partial charge < -0.3 is 15.6 Å². The molecule has 0 radical (unpaired) electrons. The minimum Gasteiger partial charge on any atom is -0.481 e. The largest absolute Gasteiger partial charge is 0.481 e. The molecule has 0 aliphatic carbocycles. The van der Waals surface area contributed by atoms with Crippen LogP contribution in [0.15, 0.2) is 35.0 Å². The molecule has 0 aliphatic rings. The zero-order valence-corrected chi connectivity index (χ0v) is 10.4. The summed E-state index contributed by atoms with van der Waals surface area (Å²) in [6, 6.07) is 3.60. The second-order valence-corrected chi connectivity index (χ2v) is 3.70. The summed E-state index contributed by atoms with van der Waals surface area (Å²) in [5.74, 6) is -1.29. The van der Waals surface area contributed by atoms with Crippen molar-refractivity contribution >= 4 is 11.6 Å². The molecule has 0 amide bonds. The zero-order valence-electron chi connectivity index (χ0n) is 10.4. The maximum Gasteiger partial charge on any atom is 0.430 e. The number of aliphatic hydroxyl groups is 1. The van der Waals surface area contributed by atoms with Crippen LogP contribution in [0, 0.1) is 5.82 Å². The molecule has 20 heavy (non-hydrogen) atoms. The minimum atomic E-state index is -4.72. The van der Waals surface area contributed by atoms with E-state index in [2.05, 4.69) is 9.73 Å². The van der Waals surface area contributed by atoms with E-state index < -0.39 is 23.6 Å². The van der Waals surface area contributed by atoms with Crippen molar-refractivity contribution in [3.05, 3.63) is 41.4 Å². The van der Waals surface area contributed by atoms with E-state index in [-0.39, 0.29) is 12.3 Å². The highest BCUT2D eigenvalue weighted by molar-refractivity contribution is 5.90. The van der Waals surface area contributed by atoms with Crippen molar-refractivity contribution in [1.82, 2.24) is 0 Å². The Hall–Kier alpha value is -2.09. The summed E-state index contributed by atoms with van der Waals surface area (Å²) in [7, 11) is 1.08. The molecule has 8 heteroatoms. The van der Waals surface area contributed by atoms with Gasteiger partial charge in [-0.2, -0.15) is 13.2 Å². The second kappa shape index (κ2) is 6.38. The number of methoxy groups -OCH3 is 1. The summed E-state index contributed by atoms with van der Waals surface area (Å²) in [5, 5.41) is 8.81. The molecule has 0 atom stereocenters. The number of allylic oxidation sites excluding steroid dienone is 1. The van der Waals surface area contributed by atoms with Crippen molar-refractivity contribution in [3.8, 4) is 0 Å². The summed E-state index contributed by atoms with van der Waals surface area (Å²) < 4.78 is 54.9. The Balaban J connectivity index is 3.13. The molecule has 4 nitrogen and oxygen atoms in total. The molecule has 0 aromatic heterocycles. The normalized spacial score (nSPS) is 13.5. The summed E-state index contributed by atoms with van der Waals surface area (Å²) in [6.45, 7) is -0.362. The van der Waals surface area contributed by atoms with Crippen LogP contribution in [0.1, 0.15) is 5.56 Å². The van der Waals surface area contributed by atoms with Gasteiger partial charge in [0, 0.05) is 6.08 Å². The molecule has 0 bridgehead atoms. The molecular weight excluding hydrogens is 280 g/mol. The fourth-order valence-corrected chi connectivity index (χ4v) is 1.21. The predicted octanol–water partition coefficient (Wildman–Crippen LogP) is 2.40. The summed E-state index contributed by atoms with van der Waals surface area (Å²) in [4.78, 5) is 3.59. The zero-order chi connectivity index (χ0) is 15.3. The van der Waals surface area contributed by atoms with Gasteiger partial charge in [0.05, 0.1) is 13.7 Å². The number of nitrogens with two attached hydrogens (primary N) is 1. The molecular formula is C12H12F4N2O2. The fraction of sp³-hybridized carbons (Fsp3) is 0.250. The number of hydrogen-bond acceptors (Lipinski definition) is 4. The van der Waals surface area contributed by atoms with E-state index in [0.29, 0.717) is 11.6 Å². The van der Waals surface area contributed by atoms with Gasteiger partial charge in [-0.25, -0.2) is 9.38 Å². The summed E-state index contributed by atoms with van der Waals surface area (Å²) in [6.07, 6.45) is -4.27. The lowest BCUT2D eigenvalue weighted by atomic mass is 10.2. The Labute approximate surface area is 112 Å². The third-order valence-electron chi connectivity index (χ3n) is 2.24. The standard InChI is InChI=1S/C12H12F4N2O2/c1-20-11(5-10(17)12(14,15)16)18-9-3-2-7(6-19)4-8(9)13/h2-5,19H,6,17H2,1H3/b10-5-,18-11?. The number of ether oxygens (including phenoxy) is 1. The van der Waals surface area contributed by atoms with Crippen LogP contribution >= 0.6 is 0 Å². The van der Waals surface area contributed by atoms with Crippen LogP contribution in [0.2, 0.25) is 0 Å². The highest BCUT2D eigenvalue weighted by Crippen LogP contribution is 2.23. The second-order valence-electron chi connectivity index (χ2n) is 3.70. The maximum atomic E-state index is 13.6. The Morgan fingerprint density at radius 3 is 2.55 bits per heavy atom. The molecule has 0 unspecified atom stereocenters. The maximum absolute atomic E-state index is 13.6. The monoisotopic (exact) mass is 292 g/mol. The first-order chi connectivity index (χ1) is 9.27. The highest BCUT2D eigenvalue weighted by Gasteiger charge is 2.31. The van der Waals surface area contributed by atoms with Crippen LogP contribution in [0.25, 0.3) is 0 Å². The van der Waals surface area contributed by atoms with Gasteiger partial charge >= 0.3 is 6.18 Å². The van der Waals surface area contributed by atoms with Crippen LogP contribution < -0.4 is 5.73 Å². The number of nitrogens with zero attached hydrogens (tertiary/aromatic N) is 1. The van der Waals surface area contributed by atoms with Gasteiger partial charge in [0.15, 0.2) is 0 Å². The van der Waals surface area contributed by atoms with E-state index in [1.165, 1.54) is 12.1 Å². The fourth-order valence-electron chi connectivity index (χ4n) is 1.21. The van der Waals surface area contributed by atoms with E-state index in [9.17, 15) is 17.6 Å². The molecule has 1 aromatic carbocycles. The van der Waals surface area contributed by atoms with Crippen LogP contribution in [-0.4, -0.2) is 24.3 Å². The number of hydrogen-bond donors (Lipinski definition) is 2. The number of aliphatic hydroxyl groups excluding tert-OH is 1. The first-order valence-corrected chi connectivity index (χ1v) is 5.34. The van der Waals surface area contributed by atoms with Gasteiger partial charge in [-0.3, -0.25) is 0 Å². The quantitative estimate of drug-likeness (QED) is 0.510. The van der Waals surface area contributed by atoms with E-state index in [1.54, 1.807) is 0 Å². The number of alkyl halides is 3. The van der Waals surface area contributed by atoms with Crippen molar-refractivity contribution < 1.29 is 27.4 Å². The van der Waals surface area contributed by atoms with Crippen molar-refractivity contribution in [2.75, 3.05) is 7.11 Å². The van der Waals surface area contributed by atoms with Gasteiger partial charge in [0.2, 0.25) is 5.90 Å². The Kier molecular flexibility index (Phi) is 5.09. The number of benzene rings is 1. The van der Waals surface area contributed by atoms with Crippen molar-refractivity contribution in [3.63, 3.8) is 0 Å². The van der Waals surface area contributed by atoms with Gasteiger partial charge in [0.25, 0.3) is 0 Å². The molecule has 0 fully saturated rings. The Morgan fingerprint density at radius 2 is 2.10 bits per heavy atom. The Morgan fingerprint density at radius 1 is 1.45 bits per heavy atom. The SMILES string of the molecule is COC(/C=C(\N)C(F)(F)F)=Nc1ccc(CO)cc1F. The lowest BCUT2D eigenvalue weighted by molar-refractivity contribution is -0.0926. The summed E-state index contributed by atoms with van der Waals surface area (Å²) in [5.41, 5.74) is 3.48. The molecule has 0 aliphatic heterocycles. The average Bonchev–Trinajstić information content (AvgIpc) is 2.38.